The molecule has 2 N–H and O–H groups in total. The number of para-hydroxylation sites is 2. The second kappa shape index (κ2) is 8.76. The molecule has 32 heavy (non-hydrogen) atoms. The van der Waals surface area contributed by atoms with E-state index in [1.165, 1.54) is 12.1 Å². The quantitative estimate of drug-likeness (QED) is 0.419. The monoisotopic (exact) mass is 448 g/mol. The molecular weight excluding hydrogens is 428 g/mol. The SMILES string of the molecule is O=C(N[C@H](CCS(=O)(=O)c1ccccc1)C(=O)O)c1c2ccccc2nc2ccccc12. The largest absolute Gasteiger partial charge is 0.480 e. The Morgan fingerprint density at radius 3 is 1.94 bits per heavy atom. The first-order chi connectivity index (χ1) is 15.4. The number of carboxylic acid groups (broad SMARTS) is 1. The number of hydrogen-bond acceptors (Lipinski definition) is 5. The fourth-order valence-electron chi connectivity index (χ4n) is 3.59. The fourth-order valence-corrected chi connectivity index (χ4v) is 4.94. The molecule has 162 valence electrons. The lowest BCUT2D eigenvalue weighted by molar-refractivity contribution is -0.139. The number of hydrogen-bond donors (Lipinski definition) is 2. The number of nitrogens with zero attached hydrogens (tertiary/aromatic N) is 1. The van der Waals surface area contributed by atoms with Crippen molar-refractivity contribution in [2.45, 2.75) is 17.4 Å². The number of aromatic nitrogens is 1. The Hall–Kier alpha value is -3.78. The molecular formula is C24H20N2O5S. The number of carbonyl (C=O) groups is 2. The average molecular weight is 449 g/mol. The zero-order valence-electron chi connectivity index (χ0n) is 16.9. The van der Waals surface area contributed by atoms with Gasteiger partial charge in [-0.2, -0.15) is 0 Å². The highest BCUT2D eigenvalue weighted by atomic mass is 32.2. The number of carbonyl (C=O) groups excluding carboxylic acids is 1. The third-order valence-electron chi connectivity index (χ3n) is 5.20. The maximum Gasteiger partial charge on any atom is 0.326 e. The van der Waals surface area contributed by atoms with E-state index in [1.807, 2.05) is 0 Å². The molecule has 0 aliphatic rings. The van der Waals surface area contributed by atoms with Crippen molar-refractivity contribution in [3.05, 3.63) is 84.4 Å². The van der Waals surface area contributed by atoms with E-state index >= 15 is 0 Å². The zero-order valence-corrected chi connectivity index (χ0v) is 17.7. The van der Waals surface area contributed by atoms with Crippen LogP contribution in [-0.4, -0.2) is 42.2 Å². The van der Waals surface area contributed by atoms with Gasteiger partial charge >= 0.3 is 5.97 Å². The molecule has 7 nitrogen and oxygen atoms in total. The Labute approximate surface area is 184 Å². The molecule has 0 bridgehead atoms. The minimum atomic E-state index is -3.68. The van der Waals surface area contributed by atoms with Gasteiger partial charge in [0.2, 0.25) is 0 Å². The highest BCUT2D eigenvalue weighted by Gasteiger charge is 2.26. The van der Waals surface area contributed by atoms with Crippen molar-refractivity contribution in [3.8, 4) is 0 Å². The second-order valence-electron chi connectivity index (χ2n) is 7.31. The molecule has 1 atom stereocenters. The van der Waals surface area contributed by atoms with Crippen molar-refractivity contribution in [2.75, 3.05) is 5.75 Å². The lowest BCUT2D eigenvalue weighted by atomic mass is 10.0. The molecule has 0 saturated heterocycles. The number of benzene rings is 3. The third kappa shape index (κ3) is 4.31. The fraction of sp³-hybridized carbons (Fsp3) is 0.125. The van der Waals surface area contributed by atoms with Crippen LogP contribution in [0.1, 0.15) is 16.8 Å². The van der Waals surface area contributed by atoms with Gasteiger partial charge < -0.3 is 10.4 Å². The molecule has 4 rings (SSSR count). The molecule has 0 fully saturated rings. The lowest BCUT2D eigenvalue weighted by Gasteiger charge is -2.17. The summed E-state index contributed by atoms with van der Waals surface area (Å²) >= 11 is 0. The molecule has 0 spiro atoms. The van der Waals surface area contributed by atoms with E-state index in [0.717, 1.165) is 0 Å². The molecule has 0 aliphatic carbocycles. The molecule has 1 heterocycles. The van der Waals surface area contributed by atoms with E-state index in [4.69, 9.17) is 0 Å². The van der Waals surface area contributed by atoms with Crippen LogP contribution in [0.2, 0.25) is 0 Å². The van der Waals surface area contributed by atoms with Crippen LogP contribution >= 0.6 is 0 Å². The van der Waals surface area contributed by atoms with Gasteiger partial charge in [0, 0.05) is 10.8 Å². The summed E-state index contributed by atoms with van der Waals surface area (Å²) in [5, 5.41) is 13.3. The van der Waals surface area contributed by atoms with Gasteiger partial charge in [0.25, 0.3) is 5.91 Å². The summed E-state index contributed by atoms with van der Waals surface area (Å²) in [5.74, 6) is -2.31. The second-order valence-corrected chi connectivity index (χ2v) is 9.42. The minimum absolute atomic E-state index is 0.113. The smallest absolute Gasteiger partial charge is 0.326 e. The van der Waals surface area contributed by atoms with Gasteiger partial charge in [0.1, 0.15) is 6.04 Å². The molecule has 0 aliphatic heterocycles. The van der Waals surface area contributed by atoms with Crippen LogP contribution in [0, 0.1) is 0 Å². The number of sulfone groups is 1. The Morgan fingerprint density at radius 1 is 0.844 bits per heavy atom. The lowest BCUT2D eigenvalue weighted by Crippen LogP contribution is -2.42. The van der Waals surface area contributed by atoms with Gasteiger partial charge in [-0.1, -0.05) is 54.6 Å². The normalized spacial score (nSPS) is 12.5. The number of rotatable bonds is 7. The maximum atomic E-state index is 13.2. The van der Waals surface area contributed by atoms with Crippen molar-refractivity contribution >= 4 is 43.5 Å². The highest BCUT2D eigenvalue weighted by Crippen LogP contribution is 2.26. The average Bonchev–Trinajstić information content (AvgIpc) is 2.80. The van der Waals surface area contributed by atoms with Crippen molar-refractivity contribution in [1.82, 2.24) is 10.3 Å². The summed E-state index contributed by atoms with van der Waals surface area (Å²) in [4.78, 5) is 29.7. The van der Waals surface area contributed by atoms with Gasteiger partial charge in [-0.15, -0.1) is 0 Å². The Morgan fingerprint density at radius 2 is 1.38 bits per heavy atom. The number of carboxylic acids is 1. The predicted octanol–water partition coefficient (Wildman–Crippen LogP) is 3.44. The summed E-state index contributed by atoms with van der Waals surface area (Å²) < 4.78 is 25.1. The number of fused-ring (bicyclic) bond motifs is 2. The zero-order chi connectivity index (χ0) is 22.7. The van der Waals surface area contributed by atoms with Crippen molar-refractivity contribution in [1.29, 1.82) is 0 Å². The standard InChI is InChI=1S/C24H20N2O5S/c27-23(22-17-10-4-6-12-19(17)25-20-13-7-5-11-18(20)22)26-21(24(28)29)14-15-32(30,31)16-8-2-1-3-9-16/h1-13,21H,14-15H2,(H,26,27)(H,28,29)/t21-/m1/s1. The van der Waals surface area contributed by atoms with Gasteiger partial charge in [-0.05, 0) is 30.7 Å². The van der Waals surface area contributed by atoms with Crippen LogP contribution < -0.4 is 5.32 Å². The third-order valence-corrected chi connectivity index (χ3v) is 6.96. The van der Waals surface area contributed by atoms with Gasteiger partial charge in [-0.25, -0.2) is 18.2 Å². The summed E-state index contributed by atoms with van der Waals surface area (Å²) in [6, 6.07) is 20.7. The molecule has 0 saturated carbocycles. The van der Waals surface area contributed by atoms with Gasteiger partial charge in [0.15, 0.2) is 9.84 Å². The number of amides is 1. The maximum absolute atomic E-state index is 13.2. The molecule has 1 aromatic heterocycles. The molecule has 3 aromatic carbocycles. The Balaban J connectivity index is 1.64. The summed E-state index contributed by atoms with van der Waals surface area (Å²) in [7, 11) is -3.68. The van der Waals surface area contributed by atoms with Crippen molar-refractivity contribution in [3.63, 3.8) is 0 Å². The Kier molecular flexibility index (Phi) is 5.87. The first-order valence-electron chi connectivity index (χ1n) is 9.96. The van der Waals surface area contributed by atoms with Crippen LogP contribution in [0.15, 0.2) is 83.8 Å². The van der Waals surface area contributed by atoms with Gasteiger partial charge in [-0.3, -0.25) is 4.79 Å². The first-order valence-corrected chi connectivity index (χ1v) is 11.6. The van der Waals surface area contributed by atoms with Crippen LogP contribution in [0.5, 0.6) is 0 Å². The molecule has 4 aromatic rings. The van der Waals surface area contributed by atoms with Crippen molar-refractivity contribution < 1.29 is 23.1 Å². The van der Waals surface area contributed by atoms with Crippen molar-refractivity contribution in [2.24, 2.45) is 0 Å². The van der Waals surface area contributed by atoms with Crippen LogP contribution in [0.25, 0.3) is 21.8 Å². The van der Waals surface area contributed by atoms with E-state index in [1.54, 1.807) is 66.7 Å². The van der Waals surface area contributed by atoms with E-state index in [2.05, 4.69) is 10.3 Å². The van der Waals surface area contributed by atoms with E-state index in [0.29, 0.717) is 27.4 Å². The van der Waals surface area contributed by atoms with E-state index < -0.39 is 33.5 Å². The Bertz CT molecular complexity index is 1360. The number of pyridine rings is 1. The summed E-state index contributed by atoms with van der Waals surface area (Å²) in [5.41, 5.74) is 1.52. The van der Waals surface area contributed by atoms with E-state index in [9.17, 15) is 23.1 Å². The van der Waals surface area contributed by atoms with Crippen LogP contribution in [0.3, 0.4) is 0 Å². The first kappa shape index (κ1) is 21.5. The molecule has 1 amide bonds. The number of nitrogens with one attached hydrogen (secondary N) is 1. The van der Waals surface area contributed by atoms with Crippen LogP contribution in [0.4, 0.5) is 0 Å². The molecule has 0 radical (unpaired) electrons. The van der Waals surface area contributed by atoms with E-state index in [-0.39, 0.29) is 11.3 Å². The molecule has 8 heteroatoms. The minimum Gasteiger partial charge on any atom is -0.480 e. The van der Waals surface area contributed by atoms with Gasteiger partial charge in [0.05, 0.1) is 27.2 Å². The number of aliphatic carboxylic acids is 1. The topological polar surface area (TPSA) is 113 Å². The predicted molar refractivity (Wildman–Crippen MR) is 121 cm³/mol. The highest BCUT2D eigenvalue weighted by molar-refractivity contribution is 7.91. The summed E-state index contributed by atoms with van der Waals surface area (Å²) in [6.45, 7) is 0. The summed E-state index contributed by atoms with van der Waals surface area (Å²) in [6.07, 6.45) is -0.265. The molecule has 0 unspecified atom stereocenters. The van der Waals surface area contributed by atoms with Crippen LogP contribution in [-0.2, 0) is 14.6 Å².